The van der Waals surface area contributed by atoms with E-state index in [0.29, 0.717) is 6.42 Å². The van der Waals surface area contributed by atoms with E-state index in [2.05, 4.69) is 6.58 Å². The molecule has 12 heteroatoms. The molecule has 0 bridgehead atoms. The Morgan fingerprint density at radius 1 is 1.32 bits per heavy atom. The van der Waals surface area contributed by atoms with Crippen LogP contribution in [0.3, 0.4) is 0 Å². The van der Waals surface area contributed by atoms with E-state index in [9.17, 15) is 24.3 Å². The van der Waals surface area contributed by atoms with Crippen molar-refractivity contribution < 1.29 is 28.2 Å². The van der Waals surface area contributed by atoms with Crippen LogP contribution in [-0.4, -0.2) is 65.6 Å². The van der Waals surface area contributed by atoms with Gasteiger partial charge < -0.3 is 25.4 Å². The fourth-order valence-corrected chi connectivity index (χ4v) is 6.25. The lowest BCUT2D eigenvalue weighted by molar-refractivity contribution is -0.130. The third-order valence-corrected chi connectivity index (χ3v) is 8.21. The van der Waals surface area contributed by atoms with Crippen molar-refractivity contribution in [1.82, 2.24) is 9.80 Å². The normalized spacial score (nSPS) is 17.2. The number of amides is 2. The summed E-state index contributed by atoms with van der Waals surface area (Å²) in [7, 11) is 0. The monoisotopic (exact) mass is 558 g/mol. The van der Waals surface area contributed by atoms with Crippen LogP contribution in [0.2, 0.25) is 5.02 Å². The third-order valence-electron chi connectivity index (χ3n) is 6.82. The highest BCUT2D eigenvalue weighted by molar-refractivity contribution is 7.23. The topological polar surface area (TPSA) is 120 Å². The molecule has 0 spiro atoms. The molecular formula is C26H21ClF2N4O4S. The molecule has 5 rings (SSSR count). The number of thiophene rings is 1. The Morgan fingerprint density at radius 2 is 2.08 bits per heavy atom. The van der Waals surface area contributed by atoms with Crippen molar-refractivity contribution in [2.75, 3.05) is 38.6 Å². The van der Waals surface area contributed by atoms with Gasteiger partial charge in [-0.05, 0) is 17.7 Å². The molecule has 3 aromatic rings. The number of aliphatic hydroxyl groups is 1. The summed E-state index contributed by atoms with van der Waals surface area (Å²) in [6.07, 6.45) is 0.365. The van der Waals surface area contributed by atoms with Crippen LogP contribution in [0.25, 0.3) is 21.2 Å². The van der Waals surface area contributed by atoms with Crippen molar-refractivity contribution in [3.8, 4) is 22.9 Å². The van der Waals surface area contributed by atoms with Crippen molar-refractivity contribution in [2.45, 2.75) is 12.5 Å². The molecule has 2 aromatic carbocycles. The van der Waals surface area contributed by atoms with E-state index in [-0.39, 0.29) is 79.9 Å². The molecule has 0 unspecified atom stereocenters. The standard InChI is InChI=1S/C26H21ClF2N4O4S/c1-12(11-34)25(35)32-5-6-33-13(10-32)4-7-37-22-15(26(33)36)8-18(29)20(21(22)27)14-2-3-17(28)23-19(14)16(9-30)24(31)38-23/h2-3,8,13,34H,1,4-7,10-11,31H2/t13-/m0/s1. The minimum atomic E-state index is -0.850. The van der Waals surface area contributed by atoms with Crippen LogP contribution in [-0.2, 0) is 4.79 Å². The zero-order chi connectivity index (χ0) is 27.3. The van der Waals surface area contributed by atoms with Gasteiger partial charge in [-0.2, -0.15) is 5.26 Å². The molecule has 0 aliphatic carbocycles. The van der Waals surface area contributed by atoms with E-state index in [1.807, 2.05) is 6.07 Å². The smallest absolute Gasteiger partial charge is 0.258 e. The summed E-state index contributed by atoms with van der Waals surface area (Å²) in [5, 5.41) is 18.9. The molecule has 3 heterocycles. The van der Waals surface area contributed by atoms with Gasteiger partial charge in [-0.25, -0.2) is 8.78 Å². The third kappa shape index (κ3) is 4.05. The largest absolute Gasteiger partial charge is 0.491 e. The maximum Gasteiger partial charge on any atom is 0.258 e. The van der Waals surface area contributed by atoms with Crippen LogP contribution in [0.15, 0.2) is 30.4 Å². The quantitative estimate of drug-likeness (QED) is 0.470. The summed E-state index contributed by atoms with van der Waals surface area (Å²) in [5.41, 5.74) is 5.94. The summed E-state index contributed by atoms with van der Waals surface area (Å²) in [6.45, 7) is 3.83. The minimum absolute atomic E-state index is 0.0119. The van der Waals surface area contributed by atoms with Gasteiger partial charge in [0.1, 0.15) is 22.7 Å². The van der Waals surface area contributed by atoms with E-state index in [0.717, 1.165) is 23.5 Å². The lowest BCUT2D eigenvalue weighted by Gasteiger charge is -2.42. The van der Waals surface area contributed by atoms with Gasteiger partial charge >= 0.3 is 0 Å². The van der Waals surface area contributed by atoms with Gasteiger partial charge in [-0.1, -0.05) is 24.2 Å². The molecule has 1 aromatic heterocycles. The predicted molar refractivity (Wildman–Crippen MR) is 139 cm³/mol. The number of hydrogen-bond acceptors (Lipinski definition) is 7. The number of halogens is 3. The van der Waals surface area contributed by atoms with E-state index >= 15 is 4.39 Å². The molecule has 1 atom stereocenters. The van der Waals surface area contributed by atoms with Gasteiger partial charge in [0.2, 0.25) is 0 Å². The summed E-state index contributed by atoms with van der Waals surface area (Å²) in [6, 6.07) is 5.04. The van der Waals surface area contributed by atoms with Crippen molar-refractivity contribution in [3.05, 3.63) is 58.1 Å². The van der Waals surface area contributed by atoms with E-state index < -0.39 is 36.1 Å². The van der Waals surface area contributed by atoms with Crippen LogP contribution >= 0.6 is 22.9 Å². The number of carbonyl (C=O) groups excluding carboxylic acids is 2. The first kappa shape index (κ1) is 25.9. The molecule has 1 fully saturated rings. The first-order valence-electron chi connectivity index (χ1n) is 11.6. The number of carbonyl (C=O) groups is 2. The van der Waals surface area contributed by atoms with Crippen LogP contribution in [0.4, 0.5) is 13.8 Å². The van der Waals surface area contributed by atoms with Gasteiger partial charge in [0.05, 0.1) is 40.1 Å². The van der Waals surface area contributed by atoms with Crippen LogP contribution in [0, 0.1) is 23.0 Å². The maximum atomic E-state index is 15.7. The number of aliphatic hydroxyl groups excluding tert-OH is 1. The van der Waals surface area contributed by atoms with Crippen LogP contribution < -0.4 is 10.5 Å². The fraction of sp³-hybridized carbons (Fsp3) is 0.269. The number of ether oxygens (including phenoxy) is 1. The van der Waals surface area contributed by atoms with Gasteiger partial charge in [0.25, 0.3) is 11.8 Å². The molecule has 8 nitrogen and oxygen atoms in total. The van der Waals surface area contributed by atoms with Crippen molar-refractivity contribution in [1.29, 1.82) is 5.26 Å². The molecule has 3 N–H and O–H groups in total. The number of nitrogen functional groups attached to an aromatic ring is 1. The average Bonchev–Trinajstić information content (AvgIpc) is 3.25. The number of piperazine rings is 1. The van der Waals surface area contributed by atoms with E-state index in [4.69, 9.17) is 22.1 Å². The second-order valence-corrected chi connectivity index (χ2v) is 10.4. The lowest BCUT2D eigenvalue weighted by atomic mass is 9.95. The Balaban J connectivity index is 1.57. The minimum Gasteiger partial charge on any atom is -0.491 e. The Hall–Kier alpha value is -3.72. The molecule has 2 aliphatic heterocycles. The molecule has 0 radical (unpaired) electrons. The number of rotatable bonds is 3. The summed E-state index contributed by atoms with van der Waals surface area (Å²) in [4.78, 5) is 29.1. The molecular weight excluding hydrogens is 538 g/mol. The first-order valence-corrected chi connectivity index (χ1v) is 12.8. The molecule has 2 amide bonds. The Morgan fingerprint density at radius 3 is 2.79 bits per heavy atom. The van der Waals surface area contributed by atoms with Gasteiger partial charge in [0, 0.05) is 42.6 Å². The molecule has 2 aliphatic rings. The number of nitriles is 1. The average molecular weight is 559 g/mol. The second-order valence-electron chi connectivity index (χ2n) is 8.98. The number of anilines is 1. The van der Waals surface area contributed by atoms with E-state index in [1.165, 1.54) is 11.0 Å². The van der Waals surface area contributed by atoms with Crippen LogP contribution in [0.1, 0.15) is 22.3 Å². The molecule has 1 saturated heterocycles. The number of hydrogen-bond donors (Lipinski definition) is 2. The van der Waals surface area contributed by atoms with Gasteiger partial charge in [-0.3, -0.25) is 9.59 Å². The lowest BCUT2D eigenvalue weighted by Crippen LogP contribution is -2.57. The first-order chi connectivity index (χ1) is 18.2. The van der Waals surface area contributed by atoms with Crippen LogP contribution in [0.5, 0.6) is 5.75 Å². The highest BCUT2D eigenvalue weighted by Crippen LogP contribution is 2.47. The molecule has 38 heavy (non-hydrogen) atoms. The molecule has 0 saturated carbocycles. The zero-order valence-corrected chi connectivity index (χ0v) is 21.5. The van der Waals surface area contributed by atoms with Crippen molar-refractivity contribution in [3.63, 3.8) is 0 Å². The maximum absolute atomic E-state index is 15.7. The Kier molecular flexibility index (Phi) is 6.73. The fourth-order valence-electron chi connectivity index (χ4n) is 4.95. The van der Waals surface area contributed by atoms with E-state index in [1.54, 1.807) is 4.90 Å². The Labute approximate surface area is 225 Å². The van der Waals surface area contributed by atoms with Crippen molar-refractivity contribution in [2.24, 2.45) is 0 Å². The summed E-state index contributed by atoms with van der Waals surface area (Å²) >= 11 is 7.54. The molecule has 196 valence electrons. The highest BCUT2D eigenvalue weighted by atomic mass is 35.5. The number of fused-ring (bicyclic) bond motifs is 3. The SMILES string of the molecule is C=C(CO)C(=O)N1CCN2C(=O)c3cc(F)c(-c4ccc(F)c5sc(N)c(C#N)c45)c(Cl)c3OCC[C@H]2C1. The summed E-state index contributed by atoms with van der Waals surface area (Å²) in [5.74, 6) is -2.37. The Bertz CT molecular complexity index is 1570. The predicted octanol–water partition coefficient (Wildman–Crippen LogP) is 3.94. The summed E-state index contributed by atoms with van der Waals surface area (Å²) < 4.78 is 36.2. The van der Waals surface area contributed by atoms with Crippen molar-refractivity contribution >= 4 is 49.8 Å². The second kappa shape index (κ2) is 9.87. The zero-order valence-electron chi connectivity index (χ0n) is 19.9. The number of benzene rings is 2. The number of nitrogens with two attached hydrogens (primary N) is 1. The number of nitrogens with zero attached hydrogens (tertiary/aromatic N) is 3. The highest BCUT2D eigenvalue weighted by Gasteiger charge is 2.37. The van der Waals surface area contributed by atoms with Gasteiger partial charge in [0.15, 0.2) is 5.75 Å². The van der Waals surface area contributed by atoms with Gasteiger partial charge in [-0.15, -0.1) is 11.3 Å².